The fraction of sp³-hybridized carbons (Fsp3) is 0.900. The first kappa shape index (κ1) is 36.1. The largest absolute Gasteiger partial charge is 0.481 e. The van der Waals surface area contributed by atoms with Gasteiger partial charge in [0.1, 0.15) is 6.10 Å². The molecule has 0 aromatic heterocycles. The Bertz CT molecular complexity index is 980. The lowest BCUT2D eigenvalue weighted by Crippen LogP contribution is -2.40. The quantitative estimate of drug-likeness (QED) is 0.111. The summed E-state index contributed by atoms with van der Waals surface area (Å²) in [6, 6.07) is 0. The van der Waals surface area contributed by atoms with Gasteiger partial charge in [0.05, 0.1) is 55.0 Å². The second-order valence-corrected chi connectivity index (χ2v) is 14.5. The van der Waals surface area contributed by atoms with Crippen LogP contribution in [-0.4, -0.2) is 86.2 Å². The van der Waals surface area contributed by atoms with Crippen molar-refractivity contribution in [1.82, 2.24) is 0 Å². The average molecular weight is 665 g/mol. The molecule has 0 aromatic rings. The normalized spacial score (nSPS) is 36.6. The summed E-state index contributed by atoms with van der Waals surface area (Å²) in [5.41, 5.74) is 0. The van der Waals surface area contributed by atoms with E-state index in [1.165, 1.54) is 0 Å². The van der Waals surface area contributed by atoms with Gasteiger partial charge in [-0.3, -0.25) is 29.1 Å². The highest BCUT2D eigenvalue weighted by Gasteiger charge is 2.42. The maximum absolute atomic E-state index is 13.0. The van der Waals surface area contributed by atoms with Gasteiger partial charge in [0.2, 0.25) is 0 Å². The molecule has 14 nitrogen and oxygen atoms in total. The van der Waals surface area contributed by atoms with Gasteiger partial charge < -0.3 is 14.9 Å². The molecule has 4 N–H and O–H groups in total. The van der Waals surface area contributed by atoms with Crippen LogP contribution in [0.3, 0.4) is 0 Å². The van der Waals surface area contributed by atoms with Crippen LogP contribution in [0.15, 0.2) is 0 Å². The van der Waals surface area contributed by atoms with Crippen molar-refractivity contribution in [2.45, 2.75) is 113 Å². The second kappa shape index (κ2) is 18.0. The fourth-order valence-corrected chi connectivity index (χ4v) is 8.67. The first-order chi connectivity index (χ1) is 21.7. The highest BCUT2D eigenvalue weighted by atomic mass is 32.2. The molecule has 45 heavy (non-hydrogen) atoms. The zero-order valence-electron chi connectivity index (χ0n) is 25.6. The average Bonchev–Trinajstić information content (AvgIpc) is 3.03. The number of hydrogen-bond acceptors (Lipinski definition) is 12. The maximum atomic E-state index is 13.0. The molecular weight excluding hydrogens is 616 g/mol. The Morgan fingerprint density at radius 3 is 1.96 bits per heavy atom. The zero-order chi connectivity index (χ0) is 32.3. The lowest BCUT2D eigenvalue weighted by Gasteiger charge is -2.34. The van der Waals surface area contributed by atoms with Crippen LogP contribution in [0.5, 0.6) is 0 Å². The molecule has 15 heteroatoms. The molecule has 4 aliphatic carbocycles. The van der Waals surface area contributed by atoms with E-state index in [0.717, 1.165) is 0 Å². The maximum Gasteiger partial charge on any atom is 0.310 e. The standard InChI is InChI=1S/C30H48O14S/c31-28(32)19-2-3-20(16-40-37)21(14-19)17-41-43-23-4-6-24(7-5-23)44-45(38)25-10-8-22(9-11-25)42-30(35)27-13-18(15-39-36)1-12-26(27)29(33)34/h18-27,36-37H,1-17H2,(H,31,32)(H,33,34). The molecule has 0 heterocycles. The van der Waals surface area contributed by atoms with Crippen molar-refractivity contribution in [3.8, 4) is 0 Å². The van der Waals surface area contributed by atoms with E-state index < -0.39 is 46.7 Å². The number of carboxylic acids is 2. The highest BCUT2D eigenvalue weighted by Crippen LogP contribution is 2.37. The van der Waals surface area contributed by atoms with Crippen molar-refractivity contribution >= 4 is 29.0 Å². The molecule has 0 radical (unpaired) electrons. The number of carboxylic acid groups (broad SMARTS) is 2. The number of carbonyl (C=O) groups is 3. The molecule has 4 rings (SSSR count). The third kappa shape index (κ3) is 10.6. The molecule has 258 valence electrons. The molecule has 4 fully saturated rings. The van der Waals surface area contributed by atoms with Crippen molar-refractivity contribution in [2.75, 3.05) is 19.8 Å². The molecule has 4 aliphatic rings. The number of carbonyl (C=O) groups excluding carboxylic acids is 1. The van der Waals surface area contributed by atoms with Gasteiger partial charge in [0.15, 0.2) is 11.1 Å². The third-order valence-corrected chi connectivity index (χ3v) is 11.7. The molecule has 0 aromatic carbocycles. The summed E-state index contributed by atoms with van der Waals surface area (Å²) in [6.07, 6.45) is 6.94. The highest BCUT2D eigenvalue weighted by molar-refractivity contribution is 7.80. The predicted octanol–water partition coefficient (Wildman–Crippen LogP) is 3.99. The van der Waals surface area contributed by atoms with Crippen molar-refractivity contribution in [3.05, 3.63) is 0 Å². The van der Waals surface area contributed by atoms with Crippen molar-refractivity contribution < 1.29 is 67.8 Å². The smallest absolute Gasteiger partial charge is 0.310 e. The van der Waals surface area contributed by atoms with Crippen LogP contribution in [0.25, 0.3) is 0 Å². The van der Waals surface area contributed by atoms with E-state index in [0.29, 0.717) is 83.5 Å². The molecule has 0 saturated heterocycles. The SMILES string of the molecule is O=C(O)C1CCC(COO)C(COOC2CCC(OS(=O)C3CCC(OC(=O)C4CC(COO)CCC4C(=O)O)CC3)CC2)C1. The molecule has 0 aliphatic heterocycles. The number of aliphatic carboxylic acids is 2. The molecule has 4 saturated carbocycles. The summed E-state index contributed by atoms with van der Waals surface area (Å²) in [6.45, 7) is 0.397. The van der Waals surface area contributed by atoms with Gasteiger partial charge in [-0.1, -0.05) is 0 Å². The summed E-state index contributed by atoms with van der Waals surface area (Å²) < 4.78 is 24.6. The van der Waals surface area contributed by atoms with Gasteiger partial charge in [0, 0.05) is 0 Å². The van der Waals surface area contributed by atoms with Gasteiger partial charge in [-0.15, -0.1) is 0 Å². The van der Waals surface area contributed by atoms with Crippen LogP contribution >= 0.6 is 0 Å². The minimum Gasteiger partial charge on any atom is -0.481 e. The van der Waals surface area contributed by atoms with Gasteiger partial charge >= 0.3 is 17.9 Å². The fourth-order valence-electron chi connectivity index (χ4n) is 7.40. The Morgan fingerprint density at radius 2 is 1.31 bits per heavy atom. The van der Waals surface area contributed by atoms with Gasteiger partial charge in [-0.25, -0.2) is 23.8 Å². The lowest BCUT2D eigenvalue weighted by molar-refractivity contribution is -0.340. The van der Waals surface area contributed by atoms with Gasteiger partial charge in [-0.2, -0.15) is 0 Å². The van der Waals surface area contributed by atoms with E-state index >= 15 is 0 Å². The van der Waals surface area contributed by atoms with Crippen LogP contribution in [-0.2, 0) is 53.9 Å². The van der Waals surface area contributed by atoms with Gasteiger partial charge in [0.25, 0.3) is 0 Å². The van der Waals surface area contributed by atoms with Crippen LogP contribution in [0, 0.1) is 35.5 Å². The van der Waals surface area contributed by atoms with Crippen molar-refractivity contribution in [3.63, 3.8) is 0 Å². The van der Waals surface area contributed by atoms with Crippen LogP contribution < -0.4 is 0 Å². The van der Waals surface area contributed by atoms with Crippen LogP contribution in [0.1, 0.15) is 89.9 Å². The van der Waals surface area contributed by atoms with E-state index in [1.54, 1.807) is 0 Å². The van der Waals surface area contributed by atoms with Gasteiger partial charge in [-0.05, 0) is 108 Å². The zero-order valence-corrected chi connectivity index (χ0v) is 26.4. The lowest BCUT2D eigenvalue weighted by atomic mass is 9.74. The topological polar surface area (TPSA) is 205 Å². The van der Waals surface area contributed by atoms with E-state index in [4.69, 9.17) is 29.2 Å². The van der Waals surface area contributed by atoms with Crippen LogP contribution in [0.4, 0.5) is 0 Å². The summed E-state index contributed by atoms with van der Waals surface area (Å²) in [7, 11) is 0. The first-order valence-corrected chi connectivity index (χ1v) is 17.4. The minimum atomic E-state index is -1.50. The summed E-state index contributed by atoms with van der Waals surface area (Å²) in [4.78, 5) is 55.8. The Morgan fingerprint density at radius 1 is 0.644 bits per heavy atom. The number of ether oxygens (including phenoxy) is 1. The predicted molar refractivity (Wildman–Crippen MR) is 156 cm³/mol. The summed E-state index contributed by atoms with van der Waals surface area (Å²) >= 11 is -1.50. The van der Waals surface area contributed by atoms with E-state index in [1.807, 2.05) is 0 Å². The van der Waals surface area contributed by atoms with Crippen molar-refractivity contribution in [1.29, 1.82) is 0 Å². The monoisotopic (exact) mass is 664 g/mol. The van der Waals surface area contributed by atoms with E-state index in [9.17, 15) is 28.8 Å². The molecule has 0 bridgehead atoms. The Kier molecular flexibility index (Phi) is 14.4. The third-order valence-electron chi connectivity index (χ3n) is 10.2. The number of rotatable bonds is 15. The molecule has 7 unspecified atom stereocenters. The second-order valence-electron chi connectivity index (χ2n) is 13.2. The first-order valence-electron chi connectivity index (χ1n) is 16.2. The number of esters is 1. The molecule has 0 amide bonds. The Labute approximate surface area is 265 Å². The van der Waals surface area contributed by atoms with Crippen LogP contribution in [0.2, 0.25) is 0 Å². The van der Waals surface area contributed by atoms with Crippen molar-refractivity contribution in [2.24, 2.45) is 35.5 Å². The molecule has 7 atom stereocenters. The van der Waals surface area contributed by atoms with E-state index in [-0.39, 0.29) is 67.6 Å². The minimum absolute atomic E-state index is 0.00251. The molecular formula is C30H48O14S. The summed E-state index contributed by atoms with van der Waals surface area (Å²) in [5.74, 6) is -4.64. The molecule has 0 spiro atoms. The number of hydrogen-bond donors (Lipinski definition) is 4. The Hall–Kier alpha value is -1.72. The summed E-state index contributed by atoms with van der Waals surface area (Å²) in [5, 5.41) is 36.4. The van der Waals surface area contributed by atoms with E-state index in [2.05, 4.69) is 9.78 Å². The Balaban J connectivity index is 1.12.